The van der Waals surface area contributed by atoms with Gasteiger partial charge in [-0.25, -0.2) is 0 Å². The fourth-order valence-electron chi connectivity index (χ4n) is 3.35. The number of nitrogens with two attached hydrogens (primary N) is 2. The molecule has 0 saturated heterocycles. The van der Waals surface area contributed by atoms with Crippen LogP contribution in [0.4, 0.5) is 0 Å². The van der Waals surface area contributed by atoms with E-state index in [1.165, 1.54) is 49.7 Å². The summed E-state index contributed by atoms with van der Waals surface area (Å²) in [4.78, 5) is 0. The standard InChI is InChI=1S/C24H48N6.ClH/c25-12-1-3-14-27-16-5-7-18-29-21-23-10-9-11-24(20-23)22-30-19-8-6-17-28-15-4-2-13-26;/h9-11,20,27-30H,1-8,12-19,21-22,25-26H2;1H. The van der Waals surface area contributed by atoms with E-state index in [2.05, 4.69) is 45.5 Å². The molecule has 0 spiro atoms. The molecule has 0 atom stereocenters. The van der Waals surface area contributed by atoms with Gasteiger partial charge >= 0.3 is 0 Å². The number of nitrogens with one attached hydrogen (secondary N) is 4. The summed E-state index contributed by atoms with van der Waals surface area (Å²) in [6.45, 7) is 10.1. The quantitative estimate of drug-likeness (QED) is 0.150. The van der Waals surface area contributed by atoms with E-state index >= 15 is 0 Å². The predicted molar refractivity (Wildman–Crippen MR) is 138 cm³/mol. The van der Waals surface area contributed by atoms with Gasteiger partial charge in [0.25, 0.3) is 0 Å². The Bertz CT molecular complexity index is 450. The molecule has 0 amide bonds. The fourth-order valence-corrected chi connectivity index (χ4v) is 3.35. The third-order valence-electron chi connectivity index (χ3n) is 5.18. The largest absolute Gasteiger partial charge is 0.330 e. The van der Waals surface area contributed by atoms with Crippen LogP contribution < -0.4 is 32.7 Å². The van der Waals surface area contributed by atoms with Crippen molar-refractivity contribution in [2.24, 2.45) is 11.5 Å². The van der Waals surface area contributed by atoms with Crippen LogP contribution in [0.5, 0.6) is 0 Å². The smallest absolute Gasteiger partial charge is 0.0205 e. The van der Waals surface area contributed by atoms with Crippen molar-refractivity contribution in [3.05, 3.63) is 35.4 Å². The molecule has 8 N–H and O–H groups in total. The number of hydrogen-bond donors (Lipinski definition) is 6. The topological polar surface area (TPSA) is 100 Å². The summed E-state index contributed by atoms with van der Waals surface area (Å²) in [6, 6.07) is 8.92. The Kier molecular flexibility index (Phi) is 23.4. The van der Waals surface area contributed by atoms with Gasteiger partial charge in [-0.2, -0.15) is 0 Å². The fraction of sp³-hybridized carbons (Fsp3) is 0.750. The lowest BCUT2D eigenvalue weighted by atomic mass is 10.1. The Morgan fingerprint density at radius 2 is 0.871 bits per heavy atom. The summed E-state index contributed by atoms with van der Waals surface area (Å²) in [5.74, 6) is 0. The summed E-state index contributed by atoms with van der Waals surface area (Å²) in [5.41, 5.74) is 13.7. The van der Waals surface area contributed by atoms with Gasteiger partial charge in [0.05, 0.1) is 0 Å². The lowest BCUT2D eigenvalue weighted by Gasteiger charge is -2.09. The zero-order valence-corrected chi connectivity index (χ0v) is 20.4. The lowest BCUT2D eigenvalue weighted by Crippen LogP contribution is -2.20. The Hall–Kier alpha value is -0.730. The molecule has 0 fully saturated rings. The molecular weight excluding hydrogens is 408 g/mol. The molecule has 1 rings (SSSR count). The van der Waals surface area contributed by atoms with E-state index in [9.17, 15) is 0 Å². The Balaban J connectivity index is 0.00000900. The van der Waals surface area contributed by atoms with Crippen molar-refractivity contribution in [1.29, 1.82) is 0 Å². The first-order valence-electron chi connectivity index (χ1n) is 12.2. The van der Waals surface area contributed by atoms with E-state index in [1.54, 1.807) is 0 Å². The normalized spacial score (nSPS) is 10.9. The van der Waals surface area contributed by atoms with Crippen LogP contribution in [0.1, 0.15) is 62.5 Å². The first kappa shape index (κ1) is 30.3. The highest BCUT2D eigenvalue weighted by atomic mass is 35.5. The average Bonchev–Trinajstić information content (AvgIpc) is 2.76. The van der Waals surface area contributed by atoms with Crippen molar-refractivity contribution >= 4 is 12.4 Å². The molecule has 0 saturated carbocycles. The molecule has 0 unspecified atom stereocenters. The minimum Gasteiger partial charge on any atom is -0.330 e. The van der Waals surface area contributed by atoms with Gasteiger partial charge in [-0.15, -0.1) is 12.4 Å². The minimum atomic E-state index is 0. The van der Waals surface area contributed by atoms with Gasteiger partial charge in [0, 0.05) is 13.1 Å². The molecule has 0 aliphatic carbocycles. The minimum absolute atomic E-state index is 0. The molecule has 0 bridgehead atoms. The summed E-state index contributed by atoms with van der Waals surface area (Å²) in [7, 11) is 0. The van der Waals surface area contributed by atoms with Gasteiger partial charge in [-0.3, -0.25) is 0 Å². The molecule has 0 aliphatic heterocycles. The highest BCUT2D eigenvalue weighted by molar-refractivity contribution is 5.85. The third kappa shape index (κ3) is 19.7. The van der Waals surface area contributed by atoms with Crippen molar-refractivity contribution in [2.75, 3.05) is 52.4 Å². The van der Waals surface area contributed by atoms with Crippen LogP contribution in [0, 0.1) is 0 Å². The average molecular weight is 457 g/mol. The second-order valence-corrected chi connectivity index (χ2v) is 8.08. The van der Waals surface area contributed by atoms with Gasteiger partial charge in [-0.1, -0.05) is 24.3 Å². The molecular formula is C24H49ClN6. The van der Waals surface area contributed by atoms with Crippen LogP contribution in [0.25, 0.3) is 0 Å². The highest BCUT2D eigenvalue weighted by Gasteiger charge is 1.97. The first-order valence-corrected chi connectivity index (χ1v) is 12.2. The zero-order chi connectivity index (χ0) is 21.5. The number of benzene rings is 1. The maximum atomic E-state index is 5.50. The van der Waals surface area contributed by atoms with Crippen LogP contribution in [0.3, 0.4) is 0 Å². The zero-order valence-electron chi connectivity index (χ0n) is 19.6. The van der Waals surface area contributed by atoms with E-state index in [1.807, 2.05) is 0 Å². The molecule has 31 heavy (non-hydrogen) atoms. The van der Waals surface area contributed by atoms with Crippen molar-refractivity contribution in [2.45, 2.75) is 64.5 Å². The lowest BCUT2D eigenvalue weighted by molar-refractivity contribution is 0.565. The summed E-state index contributed by atoms with van der Waals surface area (Å²) in [6.07, 6.45) is 9.50. The molecule has 1 aromatic rings. The molecule has 0 radical (unpaired) electrons. The number of unbranched alkanes of at least 4 members (excludes halogenated alkanes) is 4. The van der Waals surface area contributed by atoms with Crippen molar-refractivity contribution in [1.82, 2.24) is 21.3 Å². The Morgan fingerprint density at radius 3 is 1.26 bits per heavy atom. The number of halogens is 1. The molecule has 0 aromatic heterocycles. The van der Waals surface area contributed by atoms with E-state index in [0.717, 1.165) is 78.3 Å². The van der Waals surface area contributed by atoms with Gasteiger partial charge < -0.3 is 32.7 Å². The van der Waals surface area contributed by atoms with E-state index < -0.39 is 0 Å². The van der Waals surface area contributed by atoms with Gasteiger partial charge in [-0.05, 0) is 115 Å². The Morgan fingerprint density at radius 1 is 0.516 bits per heavy atom. The molecule has 1 aromatic carbocycles. The van der Waals surface area contributed by atoms with Crippen molar-refractivity contribution in [3.8, 4) is 0 Å². The highest BCUT2D eigenvalue weighted by Crippen LogP contribution is 2.05. The maximum Gasteiger partial charge on any atom is 0.0205 e. The predicted octanol–water partition coefficient (Wildman–Crippen LogP) is 2.51. The monoisotopic (exact) mass is 456 g/mol. The molecule has 182 valence electrons. The Labute approximate surface area is 197 Å². The van der Waals surface area contributed by atoms with E-state index in [-0.39, 0.29) is 12.4 Å². The van der Waals surface area contributed by atoms with E-state index in [0.29, 0.717) is 0 Å². The number of rotatable bonds is 22. The summed E-state index contributed by atoms with van der Waals surface area (Å²) >= 11 is 0. The third-order valence-corrected chi connectivity index (χ3v) is 5.18. The van der Waals surface area contributed by atoms with E-state index in [4.69, 9.17) is 11.5 Å². The maximum absolute atomic E-state index is 5.50. The van der Waals surface area contributed by atoms with Crippen molar-refractivity contribution in [3.63, 3.8) is 0 Å². The van der Waals surface area contributed by atoms with Crippen LogP contribution in [-0.2, 0) is 13.1 Å². The van der Waals surface area contributed by atoms with Crippen molar-refractivity contribution < 1.29 is 0 Å². The van der Waals surface area contributed by atoms with Gasteiger partial charge in [0.15, 0.2) is 0 Å². The second kappa shape index (κ2) is 23.9. The van der Waals surface area contributed by atoms with Crippen LogP contribution in [0.15, 0.2) is 24.3 Å². The van der Waals surface area contributed by atoms with Gasteiger partial charge in [0.1, 0.15) is 0 Å². The van der Waals surface area contributed by atoms with Gasteiger partial charge in [0.2, 0.25) is 0 Å². The molecule has 7 heteroatoms. The summed E-state index contributed by atoms with van der Waals surface area (Å²) < 4.78 is 0. The first-order chi connectivity index (χ1) is 14.9. The van der Waals surface area contributed by atoms with Crippen LogP contribution in [0.2, 0.25) is 0 Å². The van der Waals surface area contributed by atoms with Crippen LogP contribution >= 0.6 is 12.4 Å². The summed E-state index contributed by atoms with van der Waals surface area (Å²) in [5, 5.41) is 14.1. The molecule has 0 heterocycles. The number of hydrogen-bond acceptors (Lipinski definition) is 6. The SMILES string of the molecule is Cl.NCCCCNCCCCNCc1cccc(CNCCCCNCCCCN)c1. The molecule has 6 nitrogen and oxygen atoms in total. The second-order valence-electron chi connectivity index (χ2n) is 8.08. The van der Waals surface area contributed by atoms with Crippen LogP contribution in [-0.4, -0.2) is 52.4 Å². The molecule has 0 aliphatic rings.